The van der Waals surface area contributed by atoms with E-state index in [1.165, 1.54) is 0 Å². The molecule has 0 saturated carbocycles. The number of nitrogens with one attached hydrogen (secondary N) is 1. The van der Waals surface area contributed by atoms with E-state index in [0.29, 0.717) is 32.9 Å². The van der Waals surface area contributed by atoms with Crippen molar-refractivity contribution >= 4 is 58.2 Å². The van der Waals surface area contributed by atoms with E-state index >= 15 is 0 Å². The van der Waals surface area contributed by atoms with E-state index in [9.17, 15) is 4.79 Å². The van der Waals surface area contributed by atoms with Crippen LogP contribution in [-0.2, 0) is 4.79 Å². The van der Waals surface area contributed by atoms with Gasteiger partial charge in [-0.15, -0.1) is 11.8 Å². The molecule has 1 N–H and O–H groups in total. The Labute approximate surface area is 142 Å². The van der Waals surface area contributed by atoms with Crippen LogP contribution in [0.25, 0.3) is 0 Å². The highest BCUT2D eigenvalue weighted by atomic mass is 35.5. The van der Waals surface area contributed by atoms with Crippen LogP contribution in [-0.4, -0.2) is 11.7 Å². The lowest BCUT2D eigenvalue weighted by Crippen LogP contribution is -2.12. The summed E-state index contributed by atoms with van der Waals surface area (Å²) < 4.78 is 0. The smallest absolute Gasteiger partial charge is 0.225 e. The molecule has 0 bridgehead atoms. The Kier molecular flexibility index (Phi) is 6.24. The van der Waals surface area contributed by atoms with Gasteiger partial charge in [0.25, 0.3) is 0 Å². The van der Waals surface area contributed by atoms with Crippen LogP contribution in [0.4, 0.5) is 5.69 Å². The number of amides is 1. The topological polar surface area (TPSA) is 29.1 Å². The highest BCUT2D eigenvalue weighted by molar-refractivity contribution is 7.99. The van der Waals surface area contributed by atoms with Gasteiger partial charge < -0.3 is 5.32 Å². The van der Waals surface area contributed by atoms with Crippen molar-refractivity contribution in [1.82, 2.24) is 0 Å². The van der Waals surface area contributed by atoms with Crippen LogP contribution >= 0.6 is 46.6 Å². The lowest BCUT2D eigenvalue weighted by molar-refractivity contribution is -0.115. The van der Waals surface area contributed by atoms with Crippen LogP contribution in [0.5, 0.6) is 0 Å². The Balaban J connectivity index is 1.82. The monoisotopic (exact) mass is 359 g/mol. The Morgan fingerprint density at radius 2 is 1.67 bits per heavy atom. The molecule has 110 valence electrons. The molecule has 2 aromatic carbocycles. The number of benzene rings is 2. The summed E-state index contributed by atoms with van der Waals surface area (Å²) in [6.45, 7) is 0. The van der Waals surface area contributed by atoms with Crippen LogP contribution in [0.15, 0.2) is 47.4 Å². The summed E-state index contributed by atoms with van der Waals surface area (Å²) in [6.07, 6.45) is 0.385. The van der Waals surface area contributed by atoms with Gasteiger partial charge in [0.2, 0.25) is 5.91 Å². The largest absolute Gasteiger partial charge is 0.325 e. The van der Waals surface area contributed by atoms with E-state index < -0.39 is 0 Å². The van der Waals surface area contributed by atoms with Crippen molar-refractivity contribution < 1.29 is 4.79 Å². The molecule has 2 rings (SSSR count). The summed E-state index contributed by atoms with van der Waals surface area (Å²) in [5.41, 5.74) is 0.533. The normalized spacial score (nSPS) is 10.4. The number of hydrogen-bond donors (Lipinski definition) is 1. The van der Waals surface area contributed by atoms with Crippen LogP contribution in [0.3, 0.4) is 0 Å². The van der Waals surface area contributed by atoms with Crippen molar-refractivity contribution in [1.29, 1.82) is 0 Å². The molecule has 0 aromatic heterocycles. The Bertz CT molecular complexity index is 631. The summed E-state index contributed by atoms with van der Waals surface area (Å²) >= 11 is 19.3. The molecule has 0 unspecified atom stereocenters. The van der Waals surface area contributed by atoms with Gasteiger partial charge in [-0.25, -0.2) is 0 Å². The first kappa shape index (κ1) is 16.5. The molecule has 0 aliphatic rings. The summed E-state index contributed by atoms with van der Waals surface area (Å²) in [7, 11) is 0. The fraction of sp³-hybridized carbons (Fsp3) is 0.133. The third-order valence-electron chi connectivity index (χ3n) is 2.61. The van der Waals surface area contributed by atoms with Gasteiger partial charge in [0.05, 0.1) is 10.7 Å². The van der Waals surface area contributed by atoms with Gasteiger partial charge in [0, 0.05) is 27.1 Å². The third kappa shape index (κ3) is 5.44. The van der Waals surface area contributed by atoms with E-state index in [4.69, 9.17) is 34.8 Å². The fourth-order valence-corrected chi connectivity index (χ4v) is 2.91. The predicted molar refractivity (Wildman–Crippen MR) is 91.9 cm³/mol. The van der Waals surface area contributed by atoms with E-state index in [2.05, 4.69) is 5.32 Å². The highest BCUT2D eigenvalue weighted by Crippen LogP contribution is 2.26. The van der Waals surface area contributed by atoms with E-state index in [-0.39, 0.29) is 5.91 Å². The van der Waals surface area contributed by atoms with Crippen molar-refractivity contribution in [2.45, 2.75) is 11.3 Å². The minimum Gasteiger partial charge on any atom is -0.325 e. The number of halogens is 3. The van der Waals surface area contributed by atoms with Crippen LogP contribution < -0.4 is 5.32 Å². The maximum absolute atomic E-state index is 11.9. The molecule has 0 atom stereocenters. The first-order chi connectivity index (χ1) is 10.0. The molecule has 0 fully saturated rings. The average molecular weight is 361 g/mol. The molecule has 0 saturated heterocycles. The van der Waals surface area contributed by atoms with Crippen molar-refractivity contribution in [3.8, 4) is 0 Å². The van der Waals surface area contributed by atoms with Gasteiger partial charge in [-0.3, -0.25) is 4.79 Å². The molecule has 21 heavy (non-hydrogen) atoms. The zero-order valence-corrected chi connectivity index (χ0v) is 14.0. The molecular weight excluding hydrogens is 349 g/mol. The molecule has 0 spiro atoms. The number of carbonyl (C=O) groups is 1. The number of thioether (sulfide) groups is 1. The zero-order valence-electron chi connectivity index (χ0n) is 10.9. The van der Waals surface area contributed by atoms with Gasteiger partial charge in [0.1, 0.15) is 0 Å². The van der Waals surface area contributed by atoms with Crippen LogP contribution in [0, 0.1) is 0 Å². The van der Waals surface area contributed by atoms with E-state index in [1.54, 1.807) is 30.0 Å². The molecule has 1 amide bonds. The molecule has 6 heteroatoms. The minimum absolute atomic E-state index is 0.0966. The first-order valence-corrected chi connectivity index (χ1v) is 8.30. The van der Waals surface area contributed by atoms with Crippen molar-refractivity contribution in [2.24, 2.45) is 0 Å². The summed E-state index contributed by atoms with van der Waals surface area (Å²) in [5, 5.41) is 4.46. The second-order valence-corrected chi connectivity index (χ2v) is 6.67. The van der Waals surface area contributed by atoms with E-state index in [0.717, 1.165) is 4.90 Å². The number of rotatable bonds is 5. The molecule has 0 radical (unpaired) electrons. The van der Waals surface area contributed by atoms with Crippen molar-refractivity contribution in [3.63, 3.8) is 0 Å². The van der Waals surface area contributed by atoms with Crippen molar-refractivity contribution in [2.75, 3.05) is 11.1 Å². The fourth-order valence-electron chi connectivity index (χ4n) is 1.60. The maximum atomic E-state index is 11.9. The second kappa shape index (κ2) is 7.95. The molecule has 0 heterocycles. The number of carbonyl (C=O) groups excluding carboxylic acids is 1. The minimum atomic E-state index is -0.0966. The molecule has 2 nitrogen and oxygen atoms in total. The molecular formula is C15H12Cl3NOS. The third-order valence-corrected chi connectivity index (χ3v) is 4.44. The number of anilines is 1. The highest BCUT2D eigenvalue weighted by Gasteiger charge is 2.07. The first-order valence-electron chi connectivity index (χ1n) is 6.18. The predicted octanol–water partition coefficient (Wildman–Crippen LogP) is 5.77. The summed E-state index contributed by atoms with van der Waals surface area (Å²) in [5.74, 6) is 0.576. The Morgan fingerprint density at radius 3 is 2.38 bits per heavy atom. The second-order valence-electron chi connectivity index (χ2n) is 4.22. The van der Waals surface area contributed by atoms with Gasteiger partial charge >= 0.3 is 0 Å². The van der Waals surface area contributed by atoms with Crippen LogP contribution in [0.1, 0.15) is 6.42 Å². The molecule has 0 aliphatic carbocycles. The number of hydrogen-bond acceptors (Lipinski definition) is 2. The average Bonchev–Trinajstić information content (AvgIpc) is 2.45. The van der Waals surface area contributed by atoms with Gasteiger partial charge in [-0.2, -0.15) is 0 Å². The maximum Gasteiger partial charge on any atom is 0.225 e. The quantitative estimate of drug-likeness (QED) is 0.686. The standard InChI is InChI=1S/C15H12Cl3NOS/c16-10-1-4-12(5-2-10)21-8-7-15(20)19-14-9-11(17)3-6-13(14)18/h1-6,9H,7-8H2,(H,19,20). The molecule has 2 aromatic rings. The van der Waals surface area contributed by atoms with E-state index in [1.807, 2.05) is 24.3 Å². The SMILES string of the molecule is O=C(CCSc1ccc(Cl)cc1)Nc1cc(Cl)ccc1Cl. The lowest BCUT2D eigenvalue weighted by Gasteiger charge is -2.07. The van der Waals surface area contributed by atoms with Crippen molar-refractivity contribution in [3.05, 3.63) is 57.5 Å². The van der Waals surface area contributed by atoms with Gasteiger partial charge in [-0.05, 0) is 42.5 Å². The summed E-state index contributed by atoms with van der Waals surface area (Å²) in [4.78, 5) is 12.9. The van der Waals surface area contributed by atoms with Crippen LogP contribution in [0.2, 0.25) is 15.1 Å². The Morgan fingerprint density at radius 1 is 1.00 bits per heavy atom. The van der Waals surface area contributed by atoms with Gasteiger partial charge in [-0.1, -0.05) is 34.8 Å². The summed E-state index contributed by atoms with van der Waals surface area (Å²) in [6, 6.07) is 12.5. The zero-order chi connectivity index (χ0) is 15.2. The Hall–Kier alpha value is -0.870. The molecule has 0 aliphatic heterocycles. The van der Waals surface area contributed by atoms with Gasteiger partial charge in [0.15, 0.2) is 0 Å². The lowest BCUT2D eigenvalue weighted by atomic mass is 10.3.